The monoisotopic (exact) mass is 475 g/mol. The zero-order valence-corrected chi connectivity index (χ0v) is 20.5. The summed E-state index contributed by atoms with van der Waals surface area (Å²) in [7, 11) is 0. The number of likely N-dealkylation sites (tertiary alicyclic amines) is 1. The fourth-order valence-corrected chi connectivity index (χ4v) is 5.44. The van der Waals surface area contributed by atoms with Crippen molar-refractivity contribution in [3.63, 3.8) is 0 Å². The molecular weight excluding hydrogens is 442 g/mol. The highest BCUT2D eigenvalue weighted by Crippen LogP contribution is 2.28. The number of nitrogens with one attached hydrogen (secondary N) is 1. The van der Waals surface area contributed by atoms with Crippen molar-refractivity contribution < 1.29 is 14.4 Å². The van der Waals surface area contributed by atoms with Crippen molar-refractivity contribution in [3.8, 4) is 0 Å². The number of pyridine rings is 1. The number of rotatable bonds is 3. The summed E-state index contributed by atoms with van der Waals surface area (Å²) in [6.45, 7) is 6.97. The van der Waals surface area contributed by atoms with Crippen LogP contribution in [0.1, 0.15) is 49.0 Å². The third-order valence-corrected chi connectivity index (χ3v) is 7.60. The first-order chi connectivity index (χ1) is 16.8. The molecule has 0 atom stereocenters. The van der Waals surface area contributed by atoms with E-state index < -0.39 is 5.41 Å². The van der Waals surface area contributed by atoms with Crippen LogP contribution < -0.4 is 10.2 Å². The van der Waals surface area contributed by atoms with Gasteiger partial charge in [0.1, 0.15) is 11.6 Å². The summed E-state index contributed by atoms with van der Waals surface area (Å²) in [5.74, 6) is 0.945. The van der Waals surface area contributed by atoms with Crippen molar-refractivity contribution in [1.82, 2.24) is 14.8 Å². The van der Waals surface area contributed by atoms with Crippen molar-refractivity contribution in [2.45, 2.75) is 45.6 Å². The van der Waals surface area contributed by atoms with E-state index in [4.69, 9.17) is 0 Å². The Morgan fingerprint density at radius 2 is 1.80 bits per heavy atom. The van der Waals surface area contributed by atoms with Gasteiger partial charge in [-0.15, -0.1) is 0 Å². The van der Waals surface area contributed by atoms with E-state index >= 15 is 0 Å². The predicted molar refractivity (Wildman–Crippen MR) is 135 cm³/mol. The summed E-state index contributed by atoms with van der Waals surface area (Å²) in [6.07, 6.45) is 4.64. The van der Waals surface area contributed by atoms with Gasteiger partial charge in [-0.3, -0.25) is 9.59 Å². The molecule has 1 N–H and O–H groups in total. The highest BCUT2D eigenvalue weighted by molar-refractivity contribution is 5.97. The fourth-order valence-electron chi connectivity index (χ4n) is 5.44. The van der Waals surface area contributed by atoms with Gasteiger partial charge in [0.15, 0.2) is 0 Å². The first kappa shape index (κ1) is 23.3. The maximum atomic E-state index is 13.2. The Morgan fingerprint density at radius 1 is 1.03 bits per heavy atom. The van der Waals surface area contributed by atoms with Gasteiger partial charge in [0, 0.05) is 68.0 Å². The van der Waals surface area contributed by atoms with Gasteiger partial charge >= 0.3 is 6.03 Å². The Kier molecular flexibility index (Phi) is 6.21. The highest BCUT2D eigenvalue weighted by Gasteiger charge is 2.36. The number of nitrogens with zero attached hydrogens (tertiary/aromatic N) is 4. The fraction of sp³-hybridized carbons (Fsp3) is 0.481. The minimum Gasteiger partial charge on any atom is -0.356 e. The number of urea groups is 1. The minimum atomic E-state index is -0.507. The number of fused-ring (bicyclic) bond motifs is 1. The van der Waals surface area contributed by atoms with Gasteiger partial charge in [-0.2, -0.15) is 0 Å². The van der Waals surface area contributed by atoms with Crippen LogP contribution in [0, 0.1) is 5.41 Å². The molecule has 184 valence electrons. The number of para-hydroxylation sites is 1. The number of ketones is 1. The lowest BCUT2D eigenvalue weighted by atomic mass is 9.82. The average molecular weight is 476 g/mol. The third-order valence-electron chi connectivity index (χ3n) is 7.60. The Morgan fingerprint density at radius 3 is 2.57 bits per heavy atom. The van der Waals surface area contributed by atoms with Crippen LogP contribution in [0.2, 0.25) is 0 Å². The van der Waals surface area contributed by atoms with Crippen LogP contribution in [0.5, 0.6) is 0 Å². The molecule has 1 aromatic heterocycles. The molecule has 0 bridgehead atoms. The number of Topliss-reactive ketones (excluding diaryl/α,β-unsaturated/α-hetero) is 1. The predicted octanol–water partition coefficient (Wildman–Crippen LogP) is 3.58. The number of hydrogen-bond acceptors (Lipinski definition) is 5. The molecule has 2 fully saturated rings. The minimum absolute atomic E-state index is 0.0259. The van der Waals surface area contributed by atoms with Gasteiger partial charge in [0.05, 0.1) is 0 Å². The highest BCUT2D eigenvalue weighted by atomic mass is 16.2. The standard InChI is InChI=1S/C27H33N5O3/c1-27(2)18-31(15-11-23(27)33)25(34)20-7-12-28-24(17-20)30-13-9-21(10-14-30)32-16-8-19-5-3-4-6-22(19)29-26(32)35/h3-7,12,17,21H,8-11,13-16,18H2,1-2H3,(H,29,35). The quantitative estimate of drug-likeness (QED) is 0.733. The molecule has 0 radical (unpaired) electrons. The SMILES string of the molecule is CC1(C)CN(C(=O)c2ccnc(N3CCC(N4CCc5ccccc5NC4=O)CC3)c2)CCC1=O. The molecule has 1 aromatic carbocycles. The van der Waals surface area contributed by atoms with Crippen LogP contribution in [-0.2, 0) is 11.2 Å². The molecule has 3 aliphatic heterocycles. The summed E-state index contributed by atoms with van der Waals surface area (Å²) in [4.78, 5) is 48.7. The lowest BCUT2D eigenvalue weighted by Gasteiger charge is -2.38. The van der Waals surface area contributed by atoms with Crippen LogP contribution in [-0.4, -0.2) is 71.3 Å². The van der Waals surface area contributed by atoms with Gasteiger partial charge < -0.3 is 20.0 Å². The normalized spacial score (nSPS) is 20.8. The second kappa shape index (κ2) is 9.32. The number of carbonyl (C=O) groups excluding carboxylic acids is 3. The van der Waals surface area contributed by atoms with Crippen LogP contribution in [0.15, 0.2) is 42.6 Å². The number of amides is 3. The number of carbonyl (C=O) groups is 3. The van der Waals surface area contributed by atoms with Crippen molar-refractivity contribution in [2.24, 2.45) is 5.41 Å². The Bertz CT molecular complexity index is 1140. The number of hydrogen-bond donors (Lipinski definition) is 1. The smallest absolute Gasteiger partial charge is 0.322 e. The van der Waals surface area contributed by atoms with E-state index in [1.165, 1.54) is 5.56 Å². The average Bonchev–Trinajstić information content (AvgIpc) is 3.03. The number of anilines is 2. The van der Waals surface area contributed by atoms with Gasteiger partial charge in [-0.1, -0.05) is 32.0 Å². The third kappa shape index (κ3) is 4.74. The Balaban J connectivity index is 1.22. The number of piperidine rings is 2. The van der Waals surface area contributed by atoms with Crippen LogP contribution >= 0.6 is 0 Å². The molecule has 5 rings (SSSR count). The van der Waals surface area contributed by atoms with Crippen LogP contribution in [0.4, 0.5) is 16.3 Å². The molecule has 8 nitrogen and oxygen atoms in total. The number of aromatic nitrogens is 1. The van der Waals surface area contributed by atoms with Crippen molar-refractivity contribution in [2.75, 3.05) is 42.9 Å². The molecule has 2 saturated heterocycles. The molecule has 4 heterocycles. The van der Waals surface area contributed by atoms with E-state index in [-0.39, 0.29) is 23.8 Å². The maximum Gasteiger partial charge on any atom is 0.322 e. The summed E-state index contributed by atoms with van der Waals surface area (Å²) in [6, 6.07) is 11.8. The van der Waals surface area contributed by atoms with E-state index in [0.717, 1.165) is 43.9 Å². The van der Waals surface area contributed by atoms with Gasteiger partial charge in [-0.25, -0.2) is 9.78 Å². The molecule has 2 aromatic rings. The van der Waals surface area contributed by atoms with Gasteiger partial charge in [0.25, 0.3) is 5.91 Å². The molecule has 0 unspecified atom stereocenters. The van der Waals surface area contributed by atoms with Crippen LogP contribution in [0.3, 0.4) is 0 Å². The Hall–Kier alpha value is -3.42. The molecule has 35 heavy (non-hydrogen) atoms. The summed E-state index contributed by atoms with van der Waals surface area (Å²) in [5.41, 5.74) is 2.18. The van der Waals surface area contributed by atoms with Crippen molar-refractivity contribution >= 4 is 29.2 Å². The molecular formula is C27H33N5O3. The first-order valence-electron chi connectivity index (χ1n) is 12.5. The largest absolute Gasteiger partial charge is 0.356 e. The van der Waals surface area contributed by atoms with Crippen molar-refractivity contribution in [1.29, 1.82) is 0 Å². The van der Waals surface area contributed by atoms with Crippen molar-refractivity contribution in [3.05, 3.63) is 53.7 Å². The Labute approximate surface area is 206 Å². The molecule has 3 amide bonds. The molecule has 8 heteroatoms. The van der Waals surface area contributed by atoms with E-state index in [0.29, 0.717) is 31.6 Å². The summed E-state index contributed by atoms with van der Waals surface area (Å²) in [5, 5.41) is 3.07. The topological polar surface area (TPSA) is 85.8 Å². The van der Waals surface area contributed by atoms with E-state index in [9.17, 15) is 14.4 Å². The lowest BCUT2D eigenvalue weighted by molar-refractivity contribution is -0.130. The second-order valence-electron chi connectivity index (χ2n) is 10.4. The van der Waals surface area contributed by atoms with Gasteiger partial charge in [-0.05, 0) is 43.0 Å². The maximum absolute atomic E-state index is 13.2. The zero-order chi connectivity index (χ0) is 24.6. The zero-order valence-electron chi connectivity index (χ0n) is 20.5. The molecule has 3 aliphatic rings. The van der Waals surface area contributed by atoms with Gasteiger partial charge in [0.2, 0.25) is 0 Å². The lowest BCUT2D eigenvalue weighted by Crippen LogP contribution is -2.49. The first-order valence-corrected chi connectivity index (χ1v) is 12.5. The molecule has 0 spiro atoms. The summed E-state index contributed by atoms with van der Waals surface area (Å²) >= 11 is 0. The van der Waals surface area contributed by atoms with E-state index in [2.05, 4.69) is 21.3 Å². The molecule has 0 aliphatic carbocycles. The molecule has 0 saturated carbocycles. The number of benzene rings is 1. The van der Waals surface area contributed by atoms with E-state index in [1.54, 1.807) is 17.2 Å². The van der Waals surface area contributed by atoms with E-state index in [1.807, 2.05) is 43.0 Å². The second-order valence-corrected chi connectivity index (χ2v) is 10.4. The van der Waals surface area contributed by atoms with Crippen LogP contribution in [0.25, 0.3) is 0 Å². The summed E-state index contributed by atoms with van der Waals surface area (Å²) < 4.78 is 0.